The lowest BCUT2D eigenvalue weighted by molar-refractivity contribution is 1.18. The third-order valence-electron chi connectivity index (χ3n) is 12.4. The highest BCUT2D eigenvalue weighted by Crippen LogP contribution is 2.46. The fourth-order valence-electron chi connectivity index (χ4n) is 9.50. The van der Waals surface area contributed by atoms with Crippen molar-refractivity contribution < 1.29 is 0 Å². The van der Waals surface area contributed by atoms with Crippen LogP contribution in [-0.2, 0) is 0 Å². The summed E-state index contributed by atoms with van der Waals surface area (Å²) in [6.07, 6.45) is 0. The standard InChI is InChI=1S/C60H40N2S/c1-4-17-41(18-5-1)48-23-10-11-24-49(48)43-31-34-46(35-32-43)62-56-29-14-12-25-51(56)52-37-36-47(40-58(52)62)61(45-21-8-3-9-22-45)57-38-33-44(39-55(57)42-19-6-2-7-20-42)50-27-16-28-54-53-26-13-15-30-59(53)63-60(50)54/h1-40H. The molecule has 2 nitrogen and oxygen atoms in total. The second kappa shape index (κ2) is 15.5. The number of benzene rings is 10. The summed E-state index contributed by atoms with van der Waals surface area (Å²) in [5, 5.41) is 5.07. The van der Waals surface area contributed by atoms with E-state index in [2.05, 4.69) is 252 Å². The largest absolute Gasteiger partial charge is 0.310 e. The Hall–Kier alpha value is -7.98. The average Bonchev–Trinajstić information content (AvgIpc) is 3.91. The smallest absolute Gasteiger partial charge is 0.0561 e. The fourth-order valence-corrected chi connectivity index (χ4v) is 10.7. The summed E-state index contributed by atoms with van der Waals surface area (Å²) in [6.45, 7) is 0. The van der Waals surface area contributed by atoms with E-state index in [0.717, 1.165) is 28.3 Å². The van der Waals surface area contributed by atoms with Gasteiger partial charge in [0.05, 0.1) is 16.7 Å². The molecule has 0 spiro atoms. The zero-order chi connectivity index (χ0) is 41.7. The quantitative estimate of drug-likeness (QED) is 0.148. The first kappa shape index (κ1) is 36.8. The van der Waals surface area contributed by atoms with E-state index in [0.29, 0.717) is 0 Å². The SMILES string of the molecule is c1ccc(-c2ccccc2-c2ccc(-n3c4ccccc4c4ccc(N(c5ccccc5)c5ccc(-c6cccc7c6sc6ccccc67)cc5-c5ccccc5)cc43)cc2)cc1. The fraction of sp³-hybridized carbons (Fsp3) is 0. The molecule has 0 aliphatic rings. The van der Waals surface area contributed by atoms with Crippen LogP contribution in [0.1, 0.15) is 0 Å². The van der Waals surface area contributed by atoms with Crippen LogP contribution in [0.4, 0.5) is 17.1 Å². The van der Waals surface area contributed by atoms with Gasteiger partial charge in [0.1, 0.15) is 0 Å². The summed E-state index contributed by atoms with van der Waals surface area (Å²) in [6, 6.07) is 88.3. The minimum Gasteiger partial charge on any atom is -0.310 e. The maximum atomic E-state index is 2.43. The highest BCUT2D eigenvalue weighted by molar-refractivity contribution is 7.26. The van der Waals surface area contributed by atoms with Crippen LogP contribution in [0.5, 0.6) is 0 Å². The third kappa shape index (κ3) is 6.41. The number of anilines is 3. The molecular weight excluding hydrogens is 781 g/mol. The number of aromatic nitrogens is 1. The molecule has 63 heavy (non-hydrogen) atoms. The van der Waals surface area contributed by atoms with Crippen LogP contribution in [0.25, 0.3) is 92.2 Å². The molecule has 0 N–H and O–H groups in total. The lowest BCUT2D eigenvalue weighted by Gasteiger charge is -2.28. The molecule has 3 heteroatoms. The zero-order valence-corrected chi connectivity index (χ0v) is 35.2. The van der Waals surface area contributed by atoms with Crippen LogP contribution in [0.15, 0.2) is 243 Å². The van der Waals surface area contributed by atoms with Crippen LogP contribution in [0, 0.1) is 0 Å². The van der Waals surface area contributed by atoms with E-state index in [1.165, 1.54) is 81.0 Å². The van der Waals surface area contributed by atoms with Gasteiger partial charge in [-0.3, -0.25) is 0 Å². The number of nitrogens with zero attached hydrogens (tertiary/aromatic N) is 2. The summed E-state index contributed by atoms with van der Waals surface area (Å²) in [5.74, 6) is 0. The van der Waals surface area contributed by atoms with Crippen molar-refractivity contribution in [2.24, 2.45) is 0 Å². The van der Waals surface area contributed by atoms with Gasteiger partial charge in [-0.25, -0.2) is 0 Å². The van der Waals surface area contributed by atoms with Crippen LogP contribution in [-0.4, -0.2) is 4.57 Å². The van der Waals surface area contributed by atoms with E-state index in [1.54, 1.807) is 0 Å². The molecule has 0 saturated carbocycles. The van der Waals surface area contributed by atoms with E-state index in [-0.39, 0.29) is 0 Å². The molecule has 0 aliphatic heterocycles. The molecule has 0 atom stereocenters. The number of hydrogen-bond donors (Lipinski definition) is 0. The molecule has 12 rings (SSSR count). The molecule has 0 bridgehead atoms. The van der Waals surface area contributed by atoms with E-state index in [1.807, 2.05) is 11.3 Å². The van der Waals surface area contributed by atoms with Crippen LogP contribution >= 0.6 is 11.3 Å². The molecule has 12 aromatic rings. The molecule has 0 unspecified atom stereocenters. The third-order valence-corrected chi connectivity index (χ3v) is 13.6. The summed E-state index contributed by atoms with van der Waals surface area (Å²) >= 11 is 1.88. The summed E-state index contributed by atoms with van der Waals surface area (Å²) < 4.78 is 5.06. The molecule has 0 fully saturated rings. The van der Waals surface area contributed by atoms with Crippen molar-refractivity contribution in [3.63, 3.8) is 0 Å². The van der Waals surface area contributed by atoms with Gasteiger partial charge in [0.15, 0.2) is 0 Å². The summed E-state index contributed by atoms with van der Waals surface area (Å²) in [4.78, 5) is 2.43. The highest BCUT2D eigenvalue weighted by atomic mass is 32.1. The molecule has 10 aromatic carbocycles. The predicted molar refractivity (Wildman–Crippen MR) is 270 cm³/mol. The molecular formula is C60H40N2S. The van der Waals surface area contributed by atoms with Gasteiger partial charge in [-0.1, -0.05) is 182 Å². The maximum absolute atomic E-state index is 2.43. The Kier molecular flexibility index (Phi) is 9.06. The lowest BCUT2D eigenvalue weighted by Crippen LogP contribution is -2.11. The van der Waals surface area contributed by atoms with Gasteiger partial charge in [0.25, 0.3) is 0 Å². The molecule has 0 aliphatic carbocycles. The molecule has 2 heterocycles. The van der Waals surface area contributed by atoms with E-state index in [9.17, 15) is 0 Å². The predicted octanol–water partition coefficient (Wildman–Crippen LogP) is 17.3. The van der Waals surface area contributed by atoms with E-state index in [4.69, 9.17) is 0 Å². The first-order valence-electron chi connectivity index (χ1n) is 21.5. The van der Waals surface area contributed by atoms with Gasteiger partial charge < -0.3 is 9.47 Å². The minimum atomic E-state index is 1.09. The molecule has 296 valence electrons. The Labute approximate surface area is 370 Å². The summed E-state index contributed by atoms with van der Waals surface area (Å²) in [5.41, 5.74) is 16.4. The molecule has 0 saturated heterocycles. The second-order valence-corrected chi connectivity index (χ2v) is 17.1. The zero-order valence-electron chi connectivity index (χ0n) is 34.4. The Balaban J connectivity index is 1.03. The Morgan fingerprint density at radius 3 is 1.62 bits per heavy atom. The van der Waals surface area contributed by atoms with E-state index < -0.39 is 0 Å². The van der Waals surface area contributed by atoms with Crippen molar-refractivity contribution in [3.8, 4) is 50.2 Å². The first-order valence-corrected chi connectivity index (χ1v) is 22.3. The van der Waals surface area contributed by atoms with E-state index >= 15 is 0 Å². The first-order chi connectivity index (χ1) is 31.3. The monoisotopic (exact) mass is 820 g/mol. The number of fused-ring (bicyclic) bond motifs is 6. The minimum absolute atomic E-state index is 1.09. The van der Waals surface area contributed by atoms with Crippen LogP contribution < -0.4 is 4.90 Å². The number of rotatable bonds is 8. The topological polar surface area (TPSA) is 8.17 Å². The lowest BCUT2D eigenvalue weighted by atomic mass is 9.94. The number of para-hydroxylation sites is 2. The van der Waals surface area contributed by atoms with Crippen LogP contribution in [0.3, 0.4) is 0 Å². The molecule has 0 amide bonds. The van der Waals surface area contributed by atoms with Crippen molar-refractivity contribution in [1.29, 1.82) is 0 Å². The highest BCUT2D eigenvalue weighted by Gasteiger charge is 2.22. The molecule has 2 aromatic heterocycles. The maximum Gasteiger partial charge on any atom is 0.0561 e. The van der Waals surface area contributed by atoms with Crippen molar-refractivity contribution in [1.82, 2.24) is 4.57 Å². The summed E-state index contributed by atoms with van der Waals surface area (Å²) in [7, 11) is 0. The van der Waals surface area contributed by atoms with Crippen LogP contribution in [0.2, 0.25) is 0 Å². The Morgan fingerprint density at radius 1 is 0.317 bits per heavy atom. The Morgan fingerprint density at radius 2 is 0.873 bits per heavy atom. The average molecular weight is 821 g/mol. The van der Waals surface area contributed by atoms with Gasteiger partial charge in [-0.15, -0.1) is 11.3 Å². The molecule has 0 radical (unpaired) electrons. The second-order valence-electron chi connectivity index (χ2n) is 16.1. The Bertz CT molecular complexity index is 3600. The van der Waals surface area contributed by atoms with Gasteiger partial charge >= 0.3 is 0 Å². The van der Waals surface area contributed by atoms with Gasteiger partial charge in [0.2, 0.25) is 0 Å². The van der Waals surface area contributed by atoms with Crippen molar-refractivity contribution in [2.75, 3.05) is 4.90 Å². The van der Waals surface area contributed by atoms with Crippen molar-refractivity contribution in [3.05, 3.63) is 243 Å². The number of hydrogen-bond acceptors (Lipinski definition) is 2. The number of thiophene rings is 1. The normalized spacial score (nSPS) is 11.5. The van der Waals surface area contributed by atoms with Gasteiger partial charge in [-0.05, 0) is 99.6 Å². The van der Waals surface area contributed by atoms with Crippen molar-refractivity contribution >= 4 is 70.4 Å². The van der Waals surface area contributed by atoms with Crippen molar-refractivity contribution in [2.45, 2.75) is 0 Å². The van der Waals surface area contributed by atoms with Gasteiger partial charge in [-0.2, -0.15) is 0 Å². The van der Waals surface area contributed by atoms with Gasteiger partial charge in [0, 0.05) is 53.6 Å².